The summed E-state index contributed by atoms with van der Waals surface area (Å²) >= 11 is 0. The van der Waals surface area contributed by atoms with Gasteiger partial charge in [0.05, 0.1) is 18.9 Å². The van der Waals surface area contributed by atoms with Gasteiger partial charge in [-0.1, -0.05) is 6.07 Å². The van der Waals surface area contributed by atoms with Crippen molar-refractivity contribution in [1.82, 2.24) is 4.31 Å². The molecule has 0 radical (unpaired) electrons. The quantitative estimate of drug-likeness (QED) is 0.805. The van der Waals surface area contributed by atoms with Crippen LogP contribution in [0, 0.1) is 5.92 Å². The fourth-order valence-corrected chi connectivity index (χ4v) is 5.30. The molecule has 1 aliphatic heterocycles. The molecule has 1 heterocycles. The molecule has 1 aromatic carbocycles. The molecule has 1 saturated heterocycles. The zero-order chi connectivity index (χ0) is 15.7. The minimum absolute atomic E-state index is 0.0325. The molecule has 6 heteroatoms. The Balaban J connectivity index is 1.73. The average Bonchev–Trinajstić information content (AvgIpc) is 3.14. The molecule has 1 aliphatic carbocycles. The molecule has 0 amide bonds. The maximum atomic E-state index is 12.4. The molecule has 1 saturated carbocycles. The van der Waals surface area contributed by atoms with E-state index in [1.165, 1.54) is 0 Å². The molecule has 0 unspecified atom stereocenters. The topological polar surface area (TPSA) is 55.8 Å². The van der Waals surface area contributed by atoms with Gasteiger partial charge in [-0.2, -0.15) is 4.31 Å². The van der Waals surface area contributed by atoms with Gasteiger partial charge in [0.2, 0.25) is 10.0 Å². The Labute approximate surface area is 132 Å². The first-order valence-electron chi connectivity index (χ1n) is 7.83. The van der Waals surface area contributed by atoms with Crippen molar-refractivity contribution in [1.29, 1.82) is 0 Å². The summed E-state index contributed by atoms with van der Waals surface area (Å²) in [5, 5.41) is 0. The first-order chi connectivity index (χ1) is 10.5. The fraction of sp³-hybridized carbons (Fsp3) is 0.625. The number of nitrogens with zero attached hydrogens (tertiary/aromatic N) is 1. The van der Waals surface area contributed by atoms with Crippen molar-refractivity contribution in [3.05, 3.63) is 24.3 Å². The monoisotopic (exact) mass is 325 g/mol. The molecule has 1 aromatic rings. The summed E-state index contributed by atoms with van der Waals surface area (Å²) in [6.45, 7) is 2.12. The van der Waals surface area contributed by atoms with E-state index < -0.39 is 10.0 Å². The van der Waals surface area contributed by atoms with Gasteiger partial charge in [-0.25, -0.2) is 8.42 Å². The van der Waals surface area contributed by atoms with Gasteiger partial charge >= 0.3 is 0 Å². The minimum Gasteiger partial charge on any atom is -0.497 e. The predicted octanol–water partition coefficient (Wildman–Crippen LogP) is 2.28. The van der Waals surface area contributed by atoms with E-state index in [1.54, 1.807) is 18.3 Å². The third-order valence-corrected chi connectivity index (χ3v) is 6.77. The first-order valence-corrected chi connectivity index (χ1v) is 9.44. The van der Waals surface area contributed by atoms with E-state index in [9.17, 15) is 8.42 Å². The predicted molar refractivity (Wildman–Crippen MR) is 84.7 cm³/mol. The summed E-state index contributed by atoms with van der Waals surface area (Å²) < 4.78 is 37.5. The summed E-state index contributed by atoms with van der Waals surface area (Å²) in [5.41, 5.74) is 0. The van der Waals surface area contributed by atoms with Crippen LogP contribution in [-0.4, -0.2) is 44.3 Å². The van der Waals surface area contributed by atoms with Crippen molar-refractivity contribution in [2.24, 2.45) is 5.92 Å². The second kappa shape index (κ2) is 6.08. The first kappa shape index (κ1) is 15.6. The Bertz CT molecular complexity index is 631. The van der Waals surface area contributed by atoms with Gasteiger partial charge < -0.3 is 9.47 Å². The van der Waals surface area contributed by atoms with Crippen LogP contribution in [0.25, 0.3) is 0 Å². The van der Waals surface area contributed by atoms with Crippen LogP contribution in [0.15, 0.2) is 24.3 Å². The number of piperidine rings is 1. The van der Waals surface area contributed by atoms with E-state index in [4.69, 9.17) is 9.47 Å². The van der Waals surface area contributed by atoms with Crippen LogP contribution in [-0.2, 0) is 10.0 Å². The maximum absolute atomic E-state index is 12.4. The van der Waals surface area contributed by atoms with Gasteiger partial charge in [0.25, 0.3) is 0 Å². The number of rotatable bonds is 6. The Morgan fingerprint density at radius 1 is 1.27 bits per heavy atom. The number of hydrogen-bond donors (Lipinski definition) is 0. The third-order valence-electron chi connectivity index (χ3n) is 4.82. The summed E-state index contributed by atoms with van der Waals surface area (Å²) in [7, 11) is -1.55. The van der Waals surface area contributed by atoms with E-state index in [1.807, 2.05) is 24.3 Å². The van der Waals surface area contributed by atoms with Crippen molar-refractivity contribution >= 4 is 10.0 Å². The minimum atomic E-state index is -3.17. The molecular weight excluding hydrogens is 302 g/mol. The molecule has 0 aromatic heterocycles. The molecule has 3 atom stereocenters. The highest BCUT2D eigenvalue weighted by Crippen LogP contribution is 2.44. The van der Waals surface area contributed by atoms with Gasteiger partial charge in [-0.05, 0) is 44.2 Å². The average molecular weight is 325 g/mol. The molecule has 3 rings (SSSR count). The lowest BCUT2D eigenvalue weighted by atomic mass is 10.0. The van der Waals surface area contributed by atoms with Crippen LogP contribution in [0.5, 0.6) is 11.5 Å². The summed E-state index contributed by atoms with van der Waals surface area (Å²) in [6, 6.07) is 7.57. The number of ether oxygens (including phenoxy) is 2. The Morgan fingerprint density at radius 3 is 2.77 bits per heavy atom. The number of sulfonamides is 1. The lowest BCUT2D eigenvalue weighted by molar-refractivity contribution is 0.162. The molecular formula is C16H23NO4S. The van der Waals surface area contributed by atoms with Crippen LogP contribution in [0.1, 0.15) is 26.2 Å². The Kier molecular flexibility index (Phi) is 4.32. The maximum Gasteiger partial charge on any atom is 0.214 e. The van der Waals surface area contributed by atoms with Crippen molar-refractivity contribution < 1.29 is 17.9 Å². The normalized spacial score (nSPS) is 28.0. The summed E-state index contributed by atoms with van der Waals surface area (Å²) in [4.78, 5) is 0. The smallest absolute Gasteiger partial charge is 0.214 e. The van der Waals surface area contributed by atoms with Crippen LogP contribution in [0.4, 0.5) is 0 Å². The van der Waals surface area contributed by atoms with Crippen LogP contribution < -0.4 is 9.47 Å². The number of benzene rings is 1. The molecule has 2 bridgehead atoms. The molecule has 0 N–H and O–H groups in total. The summed E-state index contributed by atoms with van der Waals surface area (Å²) in [6.07, 6.45) is 3.07. The van der Waals surface area contributed by atoms with E-state index in [-0.39, 0.29) is 17.8 Å². The molecule has 22 heavy (non-hydrogen) atoms. The van der Waals surface area contributed by atoms with Crippen LogP contribution in [0.3, 0.4) is 0 Å². The van der Waals surface area contributed by atoms with E-state index >= 15 is 0 Å². The molecule has 2 aliphatic rings. The van der Waals surface area contributed by atoms with Crippen LogP contribution in [0.2, 0.25) is 0 Å². The van der Waals surface area contributed by atoms with Crippen molar-refractivity contribution in [3.8, 4) is 11.5 Å². The van der Waals surface area contributed by atoms with Crippen molar-refractivity contribution in [2.45, 2.75) is 38.3 Å². The molecule has 0 spiro atoms. The van der Waals surface area contributed by atoms with Crippen molar-refractivity contribution in [2.75, 3.05) is 19.5 Å². The third kappa shape index (κ3) is 2.82. The van der Waals surface area contributed by atoms with E-state index in [2.05, 4.69) is 0 Å². The number of methoxy groups -OCH3 is 1. The second-order valence-corrected chi connectivity index (χ2v) is 8.18. The molecule has 5 nitrogen and oxygen atoms in total. The Morgan fingerprint density at radius 2 is 2.05 bits per heavy atom. The molecule has 122 valence electrons. The SMILES string of the molecule is CCS(=O)(=O)N1[C@@H]2CC[C@@H](C2)[C@@H]1COc1cccc(OC)c1. The van der Waals surface area contributed by atoms with Gasteiger partial charge in [0.1, 0.15) is 18.1 Å². The van der Waals surface area contributed by atoms with Crippen LogP contribution >= 0.6 is 0 Å². The Hall–Kier alpha value is -1.27. The zero-order valence-corrected chi connectivity index (χ0v) is 13.9. The van der Waals surface area contributed by atoms with Gasteiger partial charge in [0.15, 0.2) is 0 Å². The highest BCUT2D eigenvalue weighted by molar-refractivity contribution is 7.89. The van der Waals surface area contributed by atoms with Gasteiger partial charge in [-0.15, -0.1) is 0 Å². The highest BCUT2D eigenvalue weighted by Gasteiger charge is 2.50. The van der Waals surface area contributed by atoms with Crippen molar-refractivity contribution in [3.63, 3.8) is 0 Å². The van der Waals surface area contributed by atoms with Gasteiger partial charge in [0, 0.05) is 12.1 Å². The molecule has 2 fully saturated rings. The highest BCUT2D eigenvalue weighted by atomic mass is 32.2. The number of hydrogen-bond acceptors (Lipinski definition) is 4. The lowest BCUT2D eigenvalue weighted by Crippen LogP contribution is -2.48. The summed E-state index contributed by atoms with van der Waals surface area (Å²) in [5.74, 6) is 2.04. The fourth-order valence-electron chi connectivity index (χ4n) is 3.72. The van der Waals surface area contributed by atoms with E-state index in [0.717, 1.165) is 30.8 Å². The lowest BCUT2D eigenvalue weighted by Gasteiger charge is -2.33. The second-order valence-electron chi connectivity index (χ2n) is 6.01. The largest absolute Gasteiger partial charge is 0.497 e. The number of fused-ring (bicyclic) bond motifs is 2. The standard InChI is InChI=1S/C16H23NO4S/c1-3-22(18,19)17-13-8-7-12(9-13)16(17)11-21-15-6-4-5-14(10-15)20-2/h4-6,10,12-13,16H,3,7-9,11H2,1-2H3/t12-,13+,16-/m0/s1. The zero-order valence-electron chi connectivity index (χ0n) is 13.1. The van der Waals surface area contributed by atoms with E-state index in [0.29, 0.717) is 12.5 Å². The van der Waals surface area contributed by atoms with Gasteiger partial charge in [-0.3, -0.25) is 0 Å².